The number of alkyl halides is 3. The van der Waals surface area contributed by atoms with Crippen molar-refractivity contribution < 1.29 is 22.7 Å². The van der Waals surface area contributed by atoms with Crippen molar-refractivity contribution in [3.8, 4) is 5.75 Å². The molecular weight excluding hydrogens is 465 g/mol. The van der Waals surface area contributed by atoms with Crippen LogP contribution in [0.1, 0.15) is 47.8 Å². The second kappa shape index (κ2) is 10.1. The van der Waals surface area contributed by atoms with Gasteiger partial charge in [-0.1, -0.05) is 69.3 Å². The Labute approximate surface area is 208 Å². The van der Waals surface area contributed by atoms with Crippen molar-refractivity contribution in [3.63, 3.8) is 0 Å². The van der Waals surface area contributed by atoms with Gasteiger partial charge in [-0.15, -0.1) is 13.2 Å². The number of benzene rings is 3. The maximum absolute atomic E-state index is 13.7. The van der Waals surface area contributed by atoms with E-state index in [2.05, 4.69) is 42.6 Å². The first kappa shape index (κ1) is 25.4. The highest BCUT2D eigenvalue weighted by Gasteiger charge is 2.31. The summed E-state index contributed by atoms with van der Waals surface area (Å²) in [6.07, 6.45) is -2.58. The van der Waals surface area contributed by atoms with E-state index in [0.29, 0.717) is 30.6 Å². The fraction of sp³-hybridized carbons (Fsp3) is 0.276. The molecule has 1 heterocycles. The highest BCUT2D eigenvalue weighted by Crippen LogP contribution is 2.26. The van der Waals surface area contributed by atoms with Crippen LogP contribution in [0.3, 0.4) is 0 Å². The van der Waals surface area contributed by atoms with Crippen molar-refractivity contribution >= 4 is 16.8 Å². The average molecular weight is 495 g/mol. The van der Waals surface area contributed by atoms with E-state index in [1.165, 1.54) is 23.8 Å². The minimum atomic E-state index is -4.76. The topological polar surface area (TPSA) is 45.3 Å². The summed E-state index contributed by atoms with van der Waals surface area (Å²) in [5.74, 6) is -0.419. The molecule has 188 valence electrons. The largest absolute Gasteiger partial charge is 0.573 e. The zero-order valence-corrected chi connectivity index (χ0v) is 20.5. The van der Waals surface area contributed by atoms with E-state index >= 15 is 0 Å². The Balaban J connectivity index is 1.59. The predicted octanol–water partition coefficient (Wildman–Crippen LogP) is 7.25. The highest BCUT2D eigenvalue weighted by atomic mass is 19.4. The molecule has 4 nitrogen and oxygen atoms in total. The molecule has 4 rings (SSSR count). The lowest BCUT2D eigenvalue weighted by atomic mass is 9.87. The number of hydrogen-bond acceptors (Lipinski definition) is 2. The first-order valence-corrected chi connectivity index (χ1v) is 11.8. The van der Waals surface area contributed by atoms with Gasteiger partial charge in [0.15, 0.2) is 0 Å². The Morgan fingerprint density at radius 2 is 1.64 bits per heavy atom. The van der Waals surface area contributed by atoms with Crippen molar-refractivity contribution in [3.05, 3.63) is 101 Å². The van der Waals surface area contributed by atoms with Crippen LogP contribution in [0.25, 0.3) is 10.9 Å². The molecule has 0 spiro atoms. The minimum absolute atomic E-state index is 0.0147. The van der Waals surface area contributed by atoms with Gasteiger partial charge in [0.05, 0.1) is 11.1 Å². The van der Waals surface area contributed by atoms with Gasteiger partial charge < -0.3 is 14.6 Å². The van der Waals surface area contributed by atoms with Crippen LogP contribution in [-0.4, -0.2) is 28.7 Å². The van der Waals surface area contributed by atoms with Crippen LogP contribution in [0.5, 0.6) is 5.75 Å². The fourth-order valence-electron chi connectivity index (χ4n) is 4.18. The monoisotopic (exact) mass is 494 g/mol. The Morgan fingerprint density at radius 3 is 2.33 bits per heavy atom. The number of amides is 1. The summed E-state index contributed by atoms with van der Waals surface area (Å²) in [5.41, 5.74) is 4.15. The number of aromatic nitrogens is 1. The summed E-state index contributed by atoms with van der Waals surface area (Å²) in [6.45, 7) is 7.13. The van der Waals surface area contributed by atoms with Crippen molar-refractivity contribution in [1.82, 2.24) is 9.88 Å². The van der Waals surface area contributed by atoms with Crippen LogP contribution >= 0.6 is 0 Å². The molecule has 0 aliphatic carbocycles. The second-order valence-corrected chi connectivity index (χ2v) is 9.87. The standard InChI is InChI=1S/C29H29F3N2O2/c1-28(2,3)23-12-10-21(11-13-23)19-34(27(35)25-9-5-7-22-14-16-33-26(22)25)17-15-20-6-4-8-24(18-20)36-29(30,31)32/h4-14,16,18,33H,15,17,19H2,1-3H3. The summed E-state index contributed by atoms with van der Waals surface area (Å²) in [6, 6.07) is 21.5. The van der Waals surface area contributed by atoms with Crippen LogP contribution in [-0.2, 0) is 18.4 Å². The molecule has 0 aliphatic heterocycles. The smallest absolute Gasteiger partial charge is 0.406 e. The van der Waals surface area contributed by atoms with Crippen molar-refractivity contribution in [2.75, 3.05) is 6.54 Å². The Morgan fingerprint density at radius 1 is 0.917 bits per heavy atom. The van der Waals surface area contributed by atoms with Crippen LogP contribution in [0, 0.1) is 0 Å². The van der Waals surface area contributed by atoms with Gasteiger partial charge in [-0.05, 0) is 52.8 Å². The Kier molecular flexibility index (Phi) is 7.11. The molecule has 4 aromatic rings. The quantitative estimate of drug-likeness (QED) is 0.294. The lowest BCUT2D eigenvalue weighted by Gasteiger charge is -2.25. The van der Waals surface area contributed by atoms with Crippen molar-refractivity contribution in [1.29, 1.82) is 0 Å². The van der Waals surface area contributed by atoms with E-state index in [0.717, 1.165) is 16.5 Å². The summed E-state index contributed by atoms with van der Waals surface area (Å²) in [4.78, 5) is 18.6. The Bertz CT molecular complexity index is 1340. The number of rotatable bonds is 7. The third-order valence-corrected chi connectivity index (χ3v) is 6.10. The lowest BCUT2D eigenvalue weighted by Crippen LogP contribution is -2.32. The molecular formula is C29H29F3N2O2. The van der Waals surface area contributed by atoms with Crippen LogP contribution in [0.4, 0.5) is 13.2 Å². The van der Waals surface area contributed by atoms with E-state index in [4.69, 9.17) is 0 Å². The number of nitrogens with zero attached hydrogens (tertiary/aromatic N) is 1. The van der Waals surface area contributed by atoms with Gasteiger partial charge in [0.1, 0.15) is 5.75 Å². The van der Waals surface area contributed by atoms with E-state index in [1.807, 2.05) is 30.3 Å². The van der Waals surface area contributed by atoms with E-state index in [-0.39, 0.29) is 17.1 Å². The zero-order valence-electron chi connectivity index (χ0n) is 20.5. The molecule has 7 heteroatoms. The number of carbonyl (C=O) groups excluding carboxylic acids is 1. The average Bonchev–Trinajstić information content (AvgIpc) is 3.29. The minimum Gasteiger partial charge on any atom is -0.406 e. The normalized spacial score (nSPS) is 12.1. The van der Waals surface area contributed by atoms with Gasteiger partial charge >= 0.3 is 6.36 Å². The van der Waals surface area contributed by atoms with Crippen LogP contribution < -0.4 is 4.74 Å². The molecule has 0 bridgehead atoms. The number of hydrogen-bond donors (Lipinski definition) is 1. The lowest BCUT2D eigenvalue weighted by molar-refractivity contribution is -0.274. The SMILES string of the molecule is CC(C)(C)c1ccc(CN(CCc2cccc(OC(F)(F)F)c2)C(=O)c2cccc3cc[nH]c23)cc1. The number of aromatic amines is 1. The molecule has 0 radical (unpaired) electrons. The number of fused-ring (bicyclic) bond motifs is 1. The molecule has 1 aromatic heterocycles. The molecule has 3 aromatic carbocycles. The van der Waals surface area contributed by atoms with Gasteiger partial charge in [0.25, 0.3) is 5.91 Å². The van der Waals surface area contributed by atoms with Gasteiger partial charge in [-0.2, -0.15) is 0 Å². The number of H-pyrrole nitrogens is 1. The third-order valence-electron chi connectivity index (χ3n) is 6.10. The number of carbonyl (C=O) groups is 1. The van der Waals surface area contributed by atoms with Gasteiger partial charge in [0, 0.05) is 24.7 Å². The van der Waals surface area contributed by atoms with Gasteiger partial charge in [0.2, 0.25) is 0 Å². The molecule has 0 aliphatic rings. The Hall–Kier alpha value is -3.74. The van der Waals surface area contributed by atoms with Gasteiger partial charge in [-0.3, -0.25) is 4.79 Å². The van der Waals surface area contributed by atoms with Crippen LogP contribution in [0.15, 0.2) is 79.0 Å². The maximum atomic E-state index is 13.7. The molecule has 0 fully saturated rings. The number of halogens is 3. The highest BCUT2D eigenvalue weighted by molar-refractivity contribution is 6.05. The maximum Gasteiger partial charge on any atom is 0.573 e. The molecule has 0 unspecified atom stereocenters. The summed E-state index contributed by atoms with van der Waals surface area (Å²) < 4.78 is 42.0. The summed E-state index contributed by atoms with van der Waals surface area (Å²) in [5, 5.41) is 0.937. The van der Waals surface area contributed by atoms with Gasteiger partial charge in [-0.25, -0.2) is 0 Å². The first-order valence-electron chi connectivity index (χ1n) is 11.8. The van der Waals surface area contributed by atoms with E-state index in [1.54, 1.807) is 23.2 Å². The second-order valence-electron chi connectivity index (χ2n) is 9.87. The first-order chi connectivity index (χ1) is 17.0. The molecule has 0 saturated heterocycles. The predicted molar refractivity (Wildman–Crippen MR) is 135 cm³/mol. The summed E-state index contributed by atoms with van der Waals surface area (Å²) >= 11 is 0. The van der Waals surface area contributed by atoms with E-state index < -0.39 is 6.36 Å². The summed E-state index contributed by atoms with van der Waals surface area (Å²) in [7, 11) is 0. The number of para-hydroxylation sites is 1. The third kappa shape index (κ3) is 6.27. The van der Waals surface area contributed by atoms with Crippen molar-refractivity contribution in [2.24, 2.45) is 0 Å². The molecule has 0 atom stereocenters. The van der Waals surface area contributed by atoms with Crippen molar-refractivity contribution in [2.45, 2.75) is 45.5 Å². The number of ether oxygens (including phenoxy) is 1. The molecule has 1 N–H and O–H groups in total. The molecule has 36 heavy (non-hydrogen) atoms. The van der Waals surface area contributed by atoms with E-state index in [9.17, 15) is 18.0 Å². The fourth-order valence-corrected chi connectivity index (χ4v) is 4.18. The number of nitrogens with one attached hydrogen (secondary N) is 1. The molecule has 1 amide bonds. The van der Waals surface area contributed by atoms with Crippen LogP contribution in [0.2, 0.25) is 0 Å². The zero-order chi connectivity index (χ0) is 25.9. The molecule has 0 saturated carbocycles.